The van der Waals surface area contributed by atoms with Crippen LogP contribution in [0, 0.1) is 17.2 Å². The van der Waals surface area contributed by atoms with E-state index in [1.54, 1.807) is 30.3 Å². The highest BCUT2D eigenvalue weighted by atomic mass is 16.5. The minimum atomic E-state index is -0.870. The quantitative estimate of drug-likeness (QED) is 0.373. The van der Waals surface area contributed by atoms with Crippen molar-refractivity contribution in [3.05, 3.63) is 47.4 Å². The minimum absolute atomic E-state index is 0.132. The van der Waals surface area contributed by atoms with E-state index in [9.17, 15) is 15.2 Å². The van der Waals surface area contributed by atoms with Crippen molar-refractivity contribution in [1.29, 1.82) is 5.26 Å². The number of aliphatic hydroxyl groups is 1. The molecule has 2 N–H and O–H groups in total. The highest BCUT2D eigenvalue weighted by Crippen LogP contribution is 2.40. The van der Waals surface area contributed by atoms with Crippen molar-refractivity contribution in [3.8, 4) is 11.8 Å². The van der Waals surface area contributed by atoms with Gasteiger partial charge in [-0.25, -0.2) is 4.79 Å². The van der Waals surface area contributed by atoms with Crippen molar-refractivity contribution in [2.45, 2.75) is 45.4 Å². The van der Waals surface area contributed by atoms with Gasteiger partial charge in [-0.1, -0.05) is 13.8 Å². The summed E-state index contributed by atoms with van der Waals surface area (Å²) in [5.41, 5.74) is 0.354. The third-order valence-electron chi connectivity index (χ3n) is 4.43. The van der Waals surface area contributed by atoms with Crippen molar-refractivity contribution in [2.24, 2.45) is 5.92 Å². The molecule has 1 aromatic carbocycles. The summed E-state index contributed by atoms with van der Waals surface area (Å²) in [5, 5.41) is 23.3. The molecule has 7 nitrogen and oxygen atoms in total. The Hall–Kier alpha value is -2.78. The summed E-state index contributed by atoms with van der Waals surface area (Å²) in [7, 11) is 0. The zero-order valence-electron chi connectivity index (χ0n) is 17.3. The Morgan fingerprint density at radius 2 is 2.21 bits per heavy atom. The highest BCUT2D eigenvalue weighted by Gasteiger charge is 2.42. The molecule has 156 valence electrons. The topological polar surface area (TPSA) is 101 Å². The number of nitriles is 1. The molecule has 0 unspecified atom stereocenters. The zero-order chi connectivity index (χ0) is 21.4. The number of fused-ring (bicyclic) bond motifs is 1. The van der Waals surface area contributed by atoms with Crippen LogP contribution >= 0.6 is 0 Å². The van der Waals surface area contributed by atoms with Crippen molar-refractivity contribution in [2.75, 3.05) is 19.8 Å². The Balaban J connectivity index is 2.26. The van der Waals surface area contributed by atoms with Crippen molar-refractivity contribution >= 4 is 5.94 Å². The predicted octanol–water partition coefficient (Wildman–Crippen LogP) is 2.64. The van der Waals surface area contributed by atoms with Gasteiger partial charge in [-0.2, -0.15) is 5.26 Å². The van der Waals surface area contributed by atoms with Crippen LogP contribution in [0.25, 0.3) is 0 Å². The molecule has 0 bridgehead atoms. The van der Waals surface area contributed by atoms with Crippen LogP contribution in [0.4, 0.5) is 0 Å². The smallest absolute Gasteiger partial charge is 0.137 e. The van der Waals surface area contributed by atoms with Crippen molar-refractivity contribution in [1.82, 2.24) is 5.32 Å². The van der Waals surface area contributed by atoms with Gasteiger partial charge in [0.25, 0.3) is 0 Å². The van der Waals surface area contributed by atoms with E-state index in [4.69, 9.17) is 14.2 Å². The summed E-state index contributed by atoms with van der Waals surface area (Å²) in [6, 6.07) is 6.74. The Labute approximate surface area is 171 Å². The molecule has 1 aliphatic heterocycles. The molecule has 0 aliphatic carbocycles. The number of nitrogens with one attached hydrogen (secondary N) is 1. The molecular weight excluding hydrogens is 372 g/mol. The summed E-state index contributed by atoms with van der Waals surface area (Å²) in [5.74, 6) is 3.13. The molecule has 1 heterocycles. The maximum Gasteiger partial charge on any atom is 0.137 e. The fraction of sp³-hybridized carbons (Fsp3) is 0.500. The number of nitrogens with zero attached hydrogens (tertiary/aromatic N) is 1. The average Bonchev–Trinajstić information content (AvgIpc) is 2.68. The number of ether oxygens (including phenoxy) is 3. The van der Waals surface area contributed by atoms with E-state index < -0.39 is 17.7 Å². The Morgan fingerprint density at radius 3 is 2.86 bits per heavy atom. The van der Waals surface area contributed by atoms with Gasteiger partial charge in [0.1, 0.15) is 35.8 Å². The number of benzene rings is 1. The van der Waals surface area contributed by atoms with Crippen LogP contribution in [0.3, 0.4) is 0 Å². The van der Waals surface area contributed by atoms with Crippen LogP contribution in [0.1, 0.15) is 44.9 Å². The summed E-state index contributed by atoms with van der Waals surface area (Å²) in [6.45, 7) is 8.47. The monoisotopic (exact) mass is 400 g/mol. The van der Waals surface area contributed by atoms with Gasteiger partial charge in [-0.15, -0.1) is 0 Å². The first kappa shape index (κ1) is 22.5. The summed E-state index contributed by atoms with van der Waals surface area (Å²) in [4.78, 5) is 10.3. The summed E-state index contributed by atoms with van der Waals surface area (Å²) < 4.78 is 17.1. The van der Waals surface area contributed by atoms with Gasteiger partial charge in [0.05, 0.1) is 30.9 Å². The van der Waals surface area contributed by atoms with Gasteiger partial charge in [-0.05, 0) is 38.0 Å². The van der Waals surface area contributed by atoms with Crippen molar-refractivity contribution in [3.63, 3.8) is 0 Å². The fourth-order valence-electron chi connectivity index (χ4n) is 2.88. The van der Waals surface area contributed by atoms with E-state index in [-0.39, 0.29) is 13.2 Å². The first-order chi connectivity index (χ1) is 13.8. The molecule has 0 radical (unpaired) electrons. The van der Waals surface area contributed by atoms with E-state index in [1.165, 1.54) is 6.08 Å². The van der Waals surface area contributed by atoms with E-state index in [0.717, 1.165) is 0 Å². The van der Waals surface area contributed by atoms with Crippen LogP contribution in [0.15, 0.2) is 36.2 Å². The van der Waals surface area contributed by atoms with Crippen LogP contribution in [0.2, 0.25) is 0 Å². The van der Waals surface area contributed by atoms with Gasteiger partial charge < -0.3 is 24.6 Å². The van der Waals surface area contributed by atoms with Crippen LogP contribution in [-0.2, 0) is 14.3 Å². The largest absolute Gasteiger partial charge is 0.494 e. The molecule has 2 rings (SSSR count). The minimum Gasteiger partial charge on any atom is -0.494 e. The van der Waals surface area contributed by atoms with Gasteiger partial charge >= 0.3 is 0 Å². The molecule has 1 aromatic rings. The van der Waals surface area contributed by atoms with Gasteiger partial charge in [0.2, 0.25) is 0 Å². The van der Waals surface area contributed by atoms with Crippen LogP contribution < -0.4 is 10.1 Å². The lowest BCUT2D eigenvalue weighted by Crippen LogP contribution is -2.51. The number of aliphatic hydroxyl groups excluding tert-OH is 1. The molecular formula is C22H28N2O5. The Morgan fingerprint density at radius 1 is 1.45 bits per heavy atom. The molecule has 7 heteroatoms. The lowest BCUT2D eigenvalue weighted by atomic mass is 9.86. The molecule has 2 atom stereocenters. The van der Waals surface area contributed by atoms with Gasteiger partial charge in [0, 0.05) is 17.8 Å². The second-order valence-electron chi connectivity index (χ2n) is 7.81. The second kappa shape index (κ2) is 10.1. The first-order valence-corrected chi connectivity index (χ1v) is 9.54. The summed E-state index contributed by atoms with van der Waals surface area (Å²) >= 11 is 0. The number of carbonyl (C=O) groups excluding carboxylic acids is 1. The normalized spacial score (nSPS) is 20.1. The highest BCUT2D eigenvalue weighted by molar-refractivity contribution is 5.46. The maximum absolute atomic E-state index is 10.9. The van der Waals surface area contributed by atoms with E-state index in [0.29, 0.717) is 35.2 Å². The maximum atomic E-state index is 10.9. The van der Waals surface area contributed by atoms with Gasteiger partial charge in [-0.3, -0.25) is 0 Å². The molecule has 0 aromatic heterocycles. The van der Waals surface area contributed by atoms with E-state index >= 15 is 0 Å². The van der Waals surface area contributed by atoms with Crippen LogP contribution in [0.5, 0.6) is 5.75 Å². The second-order valence-corrected chi connectivity index (χ2v) is 7.81. The van der Waals surface area contributed by atoms with E-state index in [2.05, 4.69) is 11.4 Å². The Bertz CT molecular complexity index is 819. The number of hydrogen-bond donors (Lipinski definition) is 2. The van der Waals surface area contributed by atoms with Crippen molar-refractivity contribution < 1.29 is 24.1 Å². The summed E-state index contributed by atoms with van der Waals surface area (Å²) in [6.07, 6.45) is 2.04. The third-order valence-corrected chi connectivity index (χ3v) is 4.43. The SMILES string of the molecule is CC(C)CO/C(=C/N[C@H]1c2cc(C#N)ccc2OC(C)(C)[C@@H]1O)COCC=C=O. The predicted molar refractivity (Wildman–Crippen MR) is 108 cm³/mol. The molecule has 0 amide bonds. The molecule has 0 saturated carbocycles. The third kappa shape index (κ3) is 6.10. The number of rotatable bonds is 9. The lowest BCUT2D eigenvalue weighted by Gasteiger charge is -2.42. The molecule has 29 heavy (non-hydrogen) atoms. The standard InChI is InChI=1S/C22H28N2O5/c1-15(2)13-28-17(14-27-9-5-8-25)12-24-20-18-10-16(11-23)6-7-19(18)29-22(3,4)21(20)26/h5-7,10,12,15,20-21,24,26H,9,13-14H2,1-4H3/b17-12+/t20-,21+/m0/s1. The zero-order valence-corrected chi connectivity index (χ0v) is 17.3. The average molecular weight is 400 g/mol. The first-order valence-electron chi connectivity index (χ1n) is 9.54. The lowest BCUT2D eigenvalue weighted by molar-refractivity contribution is -0.0623. The molecule has 0 spiro atoms. The Kier molecular flexibility index (Phi) is 7.86. The van der Waals surface area contributed by atoms with Gasteiger partial charge in [0.15, 0.2) is 0 Å². The number of hydrogen-bond acceptors (Lipinski definition) is 7. The van der Waals surface area contributed by atoms with E-state index in [1.807, 2.05) is 27.7 Å². The fourth-order valence-corrected chi connectivity index (χ4v) is 2.88. The van der Waals surface area contributed by atoms with Crippen LogP contribution in [-0.4, -0.2) is 42.6 Å². The molecule has 0 fully saturated rings. The molecule has 1 aliphatic rings. The molecule has 0 saturated heterocycles.